The second-order valence-electron chi connectivity index (χ2n) is 9.82. The maximum Gasteiger partial charge on any atom is 0.255 e. The molecule has 1 heterocycles. The number of amides is 4. The Kier molecular flexibility index (Phi) is 11.3. The third-order valence-electron chi connectivity index (χ3n) is 6.49. The first-order chi connectivity index (χ1) is 19.6. The Morgan fingerprint density at radius 2 is 1.80 bits per heavy atom. The molecular weight excluding hydrogens is 532 g/mol. The Hall–Kier alpha value is -4.32. The van der Waals surface area contributed by atoms with E-state index in [1.165, 1.54) is 6.92 Å². The molecule has 0 aromatic heterocycles. The van der Waals surface area contributed by atoms with Gasteiger partial charge in [0.05, 0.1) is 38.3 Å². The zero-order valence-electron chi connectivity index (χ0n) is 23.7. The Labute approximate surface area is 239 Å². The number of ether oxygens (including phenoxy) is 3. The van der Waals surface area contributed by atoms with Gasteiger partial charge in [0.15, 0.2) is 11.5 Å². The zero-order valence-corrected chi connectivity index (χ0v) is 23.7. The zero-order chi connectivity index (χ0) is 29.9. The summed E-state index contributed by atoms with van der Waals surface area (Å²) < 4.78 is 16.4. The molecule has 0 fully saturated rings. The van der Waals surface area contributed by atoms with E-state index in [0.717, 1.165) is 5.56 Å². The summed E-state index contributed by atoms with van der Waals surface area (Å²) in [5, 5.41) is 20.7. The topological polar surface area (TPSA) is 164 Å². The smallest absolute Gasteiger partial charge is 0.255 e. The fraction of sp³-hybridized carbons (Fsp3) is 0.448. The van der Waals surface area contributed by atoms with Gasteiger partial charge in [-0.1, -0.05) is 18.2 Å². The first-order valence-electron chi connectivity index (χ1n) is 13.4. The lowest BCUT2D eigenvalue weighted by Gasteiger charge is -2.26. The first-order valence-corrected chi connectivity index (χ1v) is 13.4. The van der Waals surface area contributed by atoms with Crippen molar-refractivity contribution in [2.24, 2.45) is 0 Å². The van der Waals surface area contributed by atoms with E-state index in [-0.39, 0.29) is 24.5 Å². The summed E-state index contributed by atoms with van der Waals surface area (Å²) in [5.74, 6) is -0.984. The summed E-state index contributed by atoms with van der Waals surface area (Å²) in [5.41, 5.74) is 1.16. The molecule has 12 heteroatoms. The van der Waals surface area contributed by atoms with Crippen LogP contribution < -0.4 is 35.5 Å². The number of methoxy groups -OCH3 is 2. The predicted molar refractivity (Wildman–Crippen MR) is 150 cm³/mol. The monoisotopic (exact) mass is 570 g/mol. The third kappa shape index (κ3) is 8.84. The number of hydrogen-bond donors (Lipinski definition) is 5. The van der Waals surface area contributed by atoms with E-state index in [0.29, 0.717) is 24.3 Å². The van der Waals surface area contributed by atoms with Crippen molar-refractivity contribution in [1.29, 1.82) is 0 Å². The molecule has 2 aromatic rings. The lowest BCUT2D eigenvalue weighted by Crippen LogP contribution is -2.56. The highest BCUT2D eigenvalue weighted by molar-refractivity contribution is 6.01. The minimum atomic E-state index is -1.26. The van der Waals surface area contributed by atoms with Crippen molar-refractivity contribution in [1.82, 2.24) is 21.3 Å². The summed E-state index contributed by atoms with van der Waals surface area (Å²) in [7, 11) is 3.11. The number of hydrogen-bond acceptors (Lipinski definition) is 8. The average Bonchev–Trinajstić information content (AvgIpc) is 2.95. The number of carbonyl (C=O) groups excluding carboxylic acids is 4. The lowest BCUT2D eigenvalue weighted by atomic mass is 10.1. The van der Waals surface area contributed by atoms with Gasteiger partial charge in [-0.2, -0.15) is 0 Å². The van der Waals surface area contributed by atoms with Crippen LogP contribution in [0.5, 0.6) is 17.2 Å². The Bertz CT molecular complexity index is 1240. The van der Waals surface area contributed by atoms with Gasteiger partial charge in [-0.3, -0.25) is 19.2 Å². The second kappa shape index (κ2) is 14.9. The van der Waals surface area contributed by atoms with E-state index < -0.39 is 54.3 Å². The molecular formula is C29H38N4O8. The molecule has 41 heavy (non-hydrogen) atoms. The first kappa shape index (κ1) is 31.2. The quantitative estimate of drug-likeness (QED) is 0.290. The van der Waals surface area contributed by atoms with Crippen LogP contribution in [0.15, 0.2) is 42.5 Å². The summed E-state index contributed by atoms with van der Waals surface area (Å²) in [6.07, 6.45) is -0.457. The van der Waals surface area contributed by atoms with Crippen LogP contribution in [-0.2, 0) is 20.8 Å². The third-order valence-corrected chi connectivity index (χ3v) is 6.49. The number of nitrogens with one attached hydrogen (secondary N) is 4. The van der Waals surface area contributed by atoms with Crippen molar-refractivity contribution in [3.63, 3.8) is 0 Å². The molecule has 0 saturated heterocycles. The van der Waals surface area contributed by atoms with E-state index in [4.69, 9.17) is 14.2 Å². The van der Waals surface area contributed by atoms with Gasteiger partial charge in [0.2, 0.25) is 17.7 Å². The lowest BCUT2D eigenvalue weighted by molar-refractivity contribution is -0.133. The van der Waals surface area contributed by atoms with Crippen molar-refractivity contribution in [3.8, 4) is 17.2 Å². The van der Waals surface area contributed by atoms with Crippen molar-refractivity contribution in [2.75, 3.05) is 27.4 Å². The molecule has 12 nitrogen and oxygen atoms in total. The van der Waals surface area contributed by atoms with E-state index in [1.54, 1.807) is 51.5 Å². The molecule has 0 radical (unpaired) electrons. The van der Waals surface area contributed by atoms with Gasteiger partial charge in [0.1, 0.15) is 24.4 Å². The molecule has 222 valence electrons. The Balaban J connectivity index is 1.74. The van der Waals surface area contributed by atoms with Crippen LogP contribution in [0.2, 0.25) is 0 Å². The van der Waals surface area contributed by atoms with Gasteiger partial charge in [-0.25, -0.2) is 0 Å². The number of carbonyl (C=O) groups is 4. The Morgan fingerprint density at radius 1 is 1.07 bits per heavy atom. The number of aliphatic hydroxyl groups excluding tert-OH is 1. The maximum atomic E-state index is 13.2. The maximum absolute atomic E-state index is 13.2. The fourth-order valence-electron chi connectivity index (χ4n) is 4.30. The van der Waals surface area contributed by atoms with Crippen LogP contribution >= 0.6 is 0 Å². The molecule has 1 aliphatic heterocycles. The van der Waals surface area contributed by atoms with Gasteiger partial charge >= 0.3 is 0 Å². The number of aliphatic hydroxyl groups is 1. The molecule has 1 aliphatic rings. The van der Waals surface area contributed by atoms with Crippen molar-refractivity contribution < 1.29 is 38.5 Å². The standard InChI is InChI=1S/C29H38N4O8/c1-17-16-41-22-10-6-5-9-20(22)27(36)32-21(15-25(35)33-26(18(2)34)29(38)31-17)28(37)30-13-7-8-19-11-12-23(39-3)24(14-19)40-4/h5-6,9-12,14,17-18,21,26,34H,7-8,13,15-16H2,1-4H3,(H,30,37)(H,31,38)(H,32,36)(H,33,35)/t17-,18-,21+,26+/m1/s1. The molecule has 4 amide bonds. The van der Waals surface area contributed by atoms with Gasteiger partial charge in [-0.05, 0) is 56.5 Å². The number of aryl methyl sites for hydroxylation is 1. The molecule has 0 spiro atoms. The minimum absolute atomic E-state index is 0.0283. The van der Waals surface area contributed by atoms with Gasteiger partial charge in [0.25, 0.3) is 5.91 Å². The minimum Gasteiger partial charge on any atom is -0.493 e. The summed E-state index contributed by atoms with van der Waals surface area (Å²) >= 11 is 0. The fourth-order valence-corrected chi connectivity index (χ4v) is 4.30. The molecule has 0 saturated carbocycles. The summed E-state index contributed by atoms with van der Waals surface area (Å²) in [4.78, 5) is 52.0. The predicted octanol–water partition coefficient (Wildman–Crippen LogP) is 0.704. The van der Waals surface area contributed by atoms with Crippen LogP contribution in [0, 0.1) is 0 Å². The molecule has 0 bridgehead atoms. The van der Waals surface area contributed by atoms with Crippen LogP contribution in [0.1, 0.15) is 42.6 Å². The van der Waals surface area contributed by atoms with Crippen LogP contribution in [0.3, 0.4) is 0 Å². The molecule has 0 aliphatic carbocycles. The Morgan fingerprint density at radius 3 is 2.51 bits per heavy atom. The molecule has 4 atom stereocenters. The largest absolute Gasteiger partial charge is 0.493 e. The second-order valence-corrected chi connectivity index (χ2v) is 9.82. The molecule has 5 N–H and O–H groups in total. The van der Waals surface area contributed by atoms with Gasteiger partial charge < -0.3 is 40.6 Å². The van der Waals surface area contributed by atoms with Crippen molar-refractivity contribution in [3.05, 3.63) is 53.6 Å². The number of fused-ring (bicyclic) bond motifs is 1. The molecule has 0 unspecified atom stereocenters. The van der Waals surface area contributed by atoms with Crippen LogP contribution in [0.4, 0.5) is 0 Å². The van der Waals surface area contributed by atoms with Crippen LogP contribution in [0.25, 0.3) is 0 Å². The normalized spacial score (nSPS) is 20.6. The average molecular weight is 571 g/mol. The number of rotatable bonds is 8. The van der Waals surface area contributed by atoms with E-state index in [9.17, 15) is 24.3 Å². The van der Waals surface area contributed by atoms with E-state index in [2.05, 4.69) is 21.3 Å². The van der Waals surface area contributed by atoms with E-state index >= 15 is 0 Å². The SMILES string of the molecule is COc1ccc(CCCNC(=O)[C@@H]2CC(=O)N[C@@H]([C@@H](C)O)C(=O)N[C@H](C)COc3ccccc3C(=O)N2)cc1OC. The van der Waals surface area contributed by atoms with Crippen LogP contribution in [-0.4, -0.2) is 80.3 Å². The molecule has 2 aromatic carbocycles. The summed E-state index contributed by atoms with van der Waals surface area (Å²) in [6, 6.07) is 9.05. The summed E-state index contributed by atoms with van der Waals surface area (Å²) in [6.45, 7) is 3.37. The van der Waals surface area contributed by atoms with Crippen molar-refractivity contribution in [2.45, 2.75) is 57.3 Å². The van der Waals surface area contributed by atoms with E-state index in [1.807, 2.05) is 12.1 Å². The van der Waals surface area contributed by atoms with Gasteiger partial charge in [0, 0.05) is 6.54 Å². The highest BCUT2D eigenvalue weighted by atomic mass is 16.5. The van der Waals surface area contributed by atoms with Crippen molar-refractivity contribution >= 4 is 23.6 Å². The van der Waals surface area contributed by atoms with Gasteiger partial charge in [-0.15, -0.1) is 0 Å². The highest BCUT2D eigenvalue weighted by Gasteiger charge is 2.31. The molecule has 3 rings (SSSR count). The number of benzene rings is 2. The number of para-hydroxylation sites is 1. The highest BCUT2D eigenvalue weighted by Crippen LogP contribution is 2.28.